The molecular weight excluding hydrogens is 328 g/mol. The molecule has 26 heavy (non-hydrogen) atoms. The second-order valence-corrected chi connectivity index (χ2v) is 7.31. The minimum absolute atomic E-state index is 0.0286. The summed E-state index contributed by atoms with van der Waals surface area (Å²) in [5.41, 5.74) is 3.47. The lowest BCUT2D eigenvalue weighted by atomic mass is 10.0. The second kappa shape index (κ2) is 7.60. The zero-order valence-electron chi connectivity index (χ0n) is 15.2. The Hall–Kier alpha value is -2.18. The van der Waals surface area contributed by atoms with Crippen LogP contribution in [0, 0.1) is 6.92 Å². The van der Waals surface area contributed by atoms with Crippen molar-refractivity contribution in [2.24, 2.45) is 0 Å². The molecule has 0 bridgehead atoms. The number of hydrogen-bond acceptors (Lipinski definition) is 4. The van der Waals surface area contributed by atoms with Gasteiger partial charge in [0.25, 0.3) is 5.91 Å². The van der Waals surface area contributed by atoms with Gasteiger partial charge in [-0.1, -0.05) is 30.2 Å². The number of ether oxygens (including phenoxy) is 1. The van der Waals surface area contributed by atoms with Crippen LogP contribution in [0.15, 0.2) is 30.5 Å². The van der Waals surface area contributed by atoms with Crippen molar-refractivity contribution in [3.05, 3.63) is 41.6 Å². The van der Waals surface area contributed by atoms with Crippen LogP contribution in [0.1, 0.15) is 35.2 Å². The van der Waals surface area contributed by atoms with E-state index >= 15 is 0 Å². The number of piperidine rings is 1. The van der Waals surface area contributed by atoms with Crippen LogP contribution in [0.25, 0.3) is 11.3 Å². The SMILES string of the molecule is Cc1cccc(-c2[nH]ncc2C(=O)N[C@@H]2COC[C@H]2N2CCCCC2)c1. The maximum absolute atomic E-state index is 12.9. The number of benzene rings is 1. The van der Waals surface area contributed by atoms with E-state index in [4.69, 9.17) is 4.74 Å². The van der Waals surface area contributed by atoms with Gasteiger partial charge in [-0.15, -0.1) is 0 Å². The summed E-state index contributed by atoms with van der Waals surface area (Å²) in [5, 5.41) is 10.3. The molecule has 4 rings (SSSR count). The lowest BCUT2D eigenvalue weighted by molar-refractivity contribution is 0.0900. The molecule has 0 spiro atoms. The van der Waals surface area contributed by atoms with Crippen molar-refractivity contribution in [2.45, 2.75) is 38.3 Å². The van der Waals surface area contributed by atoms with E-state index in [0.29, 0.717) is 18.8 Å². The third kappa shape index (κ3) is 3.52. The third-order valence-electron chi connectivity index (χ3n) is 5.42. The second-order valence-electron chi connectivity index (χ2n) is 7.31. The van der Waals surface area contributed by atoms with Crippen LogP contribution in [0.2, 0.25) is 0 Å². The van der Waals surface area contributed by atoms with Crippen molar-refractivity contribution in [3.8, 4) is 11.3 Å². The summed E-state index contributed by atoms with van der Waals surface area (Å²) < 4.78 is 5.69. The molecule has 0 aliphatic carbocycles. The van der Waals surface area contributed by atoms with Gasteiger partial charge in [-0.05, 0) is 38.9 Å². The smallest absolute Gasteiger partial charge is 0.255 e. The van der Waals surface area contributed by atoms with E-state index in [2.05, 4.69) is 26.5 Å². The molecule has 2 aliphatic rings. The number of carbonyl (C=O) groups excluding carboxylic acids is 1. The van der Waals surface area contributed by atoms with Gasteiger partial charge in [-0.25, -0.2) is 0 Å². The molecule has 2 atom stereocenters. The van der Waals surface area contributed by atoms with E-state index < -0.39 is 0 Å². The van der Waals surface area contributed by atoms with Crippen molar-refractivity contribution in [1.82, 2.24) is 20.4 Å². The average Bonchev–Trinajstić information content (AvgIpc) is 3.32. The first-order valence-electron chi connectivity index (χ1n) is 9.45. The van der Waals surface area contributed by atoms with Crippen LogP contribution in [-0.4, -0.2) is 59.4 Å². The van der Waals surface area contributed by atoms with Gasteiger partial charge in [-0.2, -0.15) is 5.10 Å². The number of nitrogens with one attached hydrogen (secondary N) is 2. The van der Waals surface area contributed by atoms with E-state index in [9.17, 15) is 4.79 Å². The van der Waals surface area contributed by atoms with Gasteiger partial charge in [0.2, 0.25) is 0 Å². The Morgan fingerprint density at radius 2 is 2.12 bits per heavy atom. The molecule has 2 saturated heterocycles. The first-order valence-corrected chi connectivity index (χ1v) is 9.45. The fourth-order valence-electron chi connectivity index (χ4n) is 4.02. The largest absolute Gasteiger partial charge is 0.378 e. The monoisotopic (exact) mass is 354 g/mol. The fraction of sp³-hybridized carbons (Fsp3) is 0.500. The fourth-order valence-corrected chi connectivity index (χ4v) is 4.02. The highest BCUT2D eigenvalue weighted by Gasteiger charge is 2.35. The lowest BCUT2D eigenvalue weighted by Crippen LogP contribution is -2.52. The molecule has 0 saturated carbocycles. The Morgan fingerprint density at radius 3 is 2.92 bits per heavy atom. The highest BCUT2D eigenvalue weighted by atomic mass is 16.5. The van der Waals surface area contributed by atoms with E-state index in [1.54, 1.807) is 6.20 Å². The number of hydrogen-bond donors (Lipinski definition) is 2. The van der Waals surface area contributed by atoms with Crippen LogP contribution >= 0.6 is 0 Å². The zero-order chi connectivity index (χ0) is 17.9. The van der Waals surface area contributed by atoms with Gasteiger partial charge in [0.15, 0.2) is 0 Å². The number of aromatic nitrogens is 2. The van der Waals surface area contributed by atoms with E-state index in [1.165, 1.54) is 19.3 Å². The van der Waals surface area contributed by atoms with Crippen LogP contribution in [0.4, 0.5) is 0 Å². The summed E-state index contributed by atoms with van der Waals surface area (Å²) in [4.78, 5) is 15.4. The predicted octanol–water partition coefficient (Wildman–Crippen LogP) is 2.37. The maximum atomic E-state index is 12.9. The standard InChI is InChI=1S/C20H26N4O2/c1-14-6-5-7-15(10-14)19-16(11-21-23-19)20(25)22-17-12-26-13-18(17)24-8-3-2-4-9-24/h5-7,10-11,17-18H,2-4,8-9,12-13H2,1H3,(H,21,23)(H,22,25)/t17-,18-/m1/s1. The third-order valence-corrected chi connectivity index (χ3v) is 5.42. The minimum atomic E-state index is -0.0900. The van der Waals surface area contributed by atoms with Gasteiger partial charge >= 0.3 is 0 Å². The normalized spacial score (nSPS) is 23.9. The summed E-state index contributed by atoms with van der Waals surface area (Å²) in [6.45, 7) is 5.51. The molecule has 2 N–H and O–H groups in total. The molecule has 6 nitrogen and oxygen atoms in total. The number of amides is 1. The van der Waals surface area contributed by atoms with Gasteiger partial charge in [0.05, 0.1) is 42.8 Å². The number of rotatable bonds is 4. The van der Waals surface area contributed by atoms with E-state index in [1.807, 2.05) is 25.1 Å². The van der Waals surface area contributed by atoms with Crippen LogP contribution in [0.5, 0.6) is 0 Å². The van der Waals surface area contributed by atoms with Gasteiger partial charge in [-0.3, -0.25) is 14.8 Å². The van der Waals surface area contributed by atoms with Crippen LogP contribution in [0.3, 0.4) is 0 Å². The summed E-state index contributed by atoms with van der Waals surface area (Å²) in [7, 11) is 0. The first-order chi connectivity index (χ1) is 12.7. The highest BCUT2D eigenvalue weighted by molar-refractivity contribution is 6.00. The molecule has 1 aromatic heterocycles. The van der Waals surface area contributed by atoms with Gasteiger partial charge in [0.1, 0.15) is 0 Å². The van der Waals surface area contributed by atoms with Crippen molar-refractivity contribution in [1.29, 1.82) is 0 Å². The van der Waals surface area contributed by atoms with Gasteiger partial charge in [0, 0.05) is 5.56 Å². The molecule has 138 valence electrons. The molecule has 1 aromatic carbocycles. The molecule has 3 heterocycles. The van der Waals surface area contributed by atoms with Crippen molar-refractivity contribution >= 4 is 5.91 Å². The van der Waals surface area contributed by atoms with E-state index in [-0.39, 0.29) is 18.0 Å². The Labute approximate surface area is 153 Å². The summed E-state index contributed by atoms with van der Waals surface area (Å²) in [6.07, 6.45) is 5.38. The summed E-state index contributed by atoms with van der Waals surface area (Å²) in [6, 6.07) is 8.38. The molecule has 2 aromatic rings. The Balaban J connectivity index is 1.49. The van der Waals surface area contributed by atoms with E-state index in [0.717, 1.165) is 29.9 Å². The Morgan fingerprint density at radius 1 is 1.27 bits per heavy atom. The van der Waals surface area contributed by atoms with Crippen molar-refractivity contribution in [2.75, 3.05) is 26.3 Å². The van der Waals surface area contributed by atoms with Crippen molar-refractivity contribution < 1.29 is 9.53 Å². The minimum Gasteiger partial charge on any atom is -0.378 e. The molecular formula is C20H26N4O2. The first kappa shape index (κ1) is 17.2. The number of aryl methyl sites for hydroxylation is 1. The zero-order valence-corrected chi connectivity index (χ0v) is 15.2. The number of nitrogens with zero attached hydrogens (tertiary/aromatic N) is 2. The Kier molecular flexibility index (Phi) is 5.04. The maximum Gasteiger partial charge on any atom is 0.255 e. The topological polar surface area (TPSA) is 70.2 Å². The van der Waals surface area contributed by atoms with Crippen molar-refractivity contribution in [3.63, 3.8) is 0 Å². The number of H-pyrrole nitrogens is 1. The predicted molar refractivity (Wildman–Crippen MR) is 100 cm³/mol. The molecule has 0 radical (unpaired) electrons. The number of likely N-dealkylation sites (tertiary alicyclic amines) is 1. The molecule has 6 heteroatoms. The number of carbonyl (C=O) groups is 1. The lowest BCUT2D eigenvalue weighted by Gasteiger charge is -2.34. The Bertz CT molecular complexity index is 767. The molecule has 2 aliphatic heterocycles. The highest BCUT2D eigenvalue weighted by Crippen LogP contribution is 2.23. The quantitative estimate of drug-likeness (QED) is 0.884. The summed E-state index contributed by atoms with van der Waals surface area (Å²) >= 11 is 0. The van der Waals surface area contributed by atoms with Crippen LogP contribution in [-0.2, 0) is 4.74 Å². The molecule has 0 unspecified atom stereocenters. The molecule has 2 fully saturated rings. The molecule has 1 amide bonds. The average molecular weight is 354 g/mol. The number of aromatic amines is 1. The van der Waals surface area contributed by atoms with Gasteiger partial charge < -0.3 is 10.1 Å². The van der Waals surface area contributed by atoms with Crippen LogP contribution < -0.4 is 5.32 Å². The summed E-state index contributed by atoms with van der Waals surface area (Å²) in [5.74, 6) is -0.0900.